The highest BCUT2D eigenvalue weighted by Crippen LogP contribution is 2.29. The molecule has 0 bridgehead atoms. The van der Waals surface area contributed by atoms with Crippen LogP contribution in [0.25, 0.3) is 0 Å². The van der Waals surface area contributed by atoms with Crippen molar-refractivity contribution in [1.82, 2.24) is 5.32 Å². The van der Waals surface area contributed by atoms with E-state index in [9.17, 15) is 13.9 Å². The van der Waals surface area contributed by atoms with Gasteiger partial charge in [-0.05, 0) is 41.8 Å². The van der Waals surface area contributed by atoms with Crippen molar-refractivity contribution in [2.24, 2.45) is 0 Å². The first-order valence-corrected chi connectivity index (χ1v) is 7.88. The number of benzene rings is 2. The molecular weight excluding hydrogens is 332 g/mol. The van der Waals surface area contributed by atoms with E-state index in [2.05, 4.69) is 5.32 Å². The summed E-state index contributed by atoms with van der Waals surface area (Å²) < 4.78 is 26.3. The van der Waals surface area contributed by atoms with Crippen LogP contribution in [0.15, 0.2) is 48.5 Å². The Kier molecular flexibility index (Phi) is 8.32. The highest BCUT2D eigenvalue weighted by molar-refractivity contribution is 5.85. The summed E-state index contributed by atoms with van der Waals surface area (Å²) in [7, 11) is 0. The molecule has 2 aromatic rings. The van der Waals surface area contributed by atoms with Crippen LogP contribution in [0.1, 0.15) is 37.3 Å². The number of nitrogens with one attached hydrogen (secondary N) is 1. The maximum Gasteiger partial charge on any atom is 0.123 e. The van der Waals surface area contributed by atoms with Gasteiger partial charge in [-0.15, -0.1) is 12.4 Å². The van der Waals surface area contributed by atoms with Crippen LogP contribution in [0.5, 0.6) is 0 Å². The van der Waals surface area contributed by atoms with Gasteiger partial charge >= 0.3 is 0 Å². The van der Waals surface area contributed by atoms with Crippen LogP contribution in [0.4, 0.5) is 8.78 Å². The predicted molar refractivity (Wildman–Crippen MR) is 95.7 cm³/mol. The third-order valence-corrected chi connectivity index (χ3v) is 3.81. The number of rotatable bonds is 7. The molecule has 0 aliphatic rings. The van der Waals surface area contributed by atoms with Gasteiger partial charge in [-0.2, -0.15) is 0 Å². The van der Waals surface area contributed by atoms with E-state index in [1.165, 1.54) is 24.3 Å². The quantitative estimate of drug-likeness (QED) is 0.777. The summed E-state index contributed by atoms with van der Waals surface area (Å²) in [6.07, 6.45) is -0.0609. The minimum atomic E-state index is -0.544. The first kappa shape index (κ1) is 20.6. The molecule has 1 atom stereocenters. The van der Waals surface area contributed by atoms with Crippen molar-refractivity contribution in [3.8, 4) is 0 Å². The molecule has 132 valence electrons. The van der Waals surface area contributed by atoms with Gasteiger partial charge in [0.2, 0.25) is 0 Å². The summed E-state index contributed by atoms with van der Waals surface area (Å²) in [5, 5.41) is 13.5. The molecule has 0 aliphatic carbocycles. The maximum atomic E-state index is 13.2. The Balaban J connectivity index is 0.00000288. The van der Waals surface area contributed by atoms with Crippen molar-refractivity contribution in [1.29, 1.82) is 0 Å². The fraction of sp³-hybridized carbons (Fsp3) is 0.368. The lowest BCUT2D eigenvalue weighted by Crippen LogP contribution is -2.32. The standard InChI is InChI=1S/C19H23F2NO.ClH/c1-13(2)22-12-18(23)11-19(14-3-7-16(20)8-4-14)15-5-9-17(21)10-6-15;/h3-10,13,18-19,22-23H,11-12H2,1-2H3;1H. The van der Waals surface area contributed by atoms with Crippen molar-refractivity contribution < 1.29 is 13.9 Å². The van der Waals surface area contributed by atoms with Crippen LogP contribution in [0.2, 0.25) is 0 Å². The van der Waals surface area contributed by atoms with Crippen LogP contribution >= 0.6 is 12.4 Å². The van der Waals surface area contributed by atoms with Crippen LogP contribution in [0.3, 0.4) is 0 Å². The second kappa shape index (κ2) is 9.72. The molecule has 2 aromatic carbocycles. The molecule has 5 heteroatoms. The molecule has 0 aliphatic heterocycles. The Labute approximate surface area is 148 Å². The van der Waals surface area contributed by atoms with Crippen molar-refractivity contribution >= 4 is 12.4 Å². The fourth-order valence-corrected chi connectivity index (χ4v) is 2.58. The summed E-state index contributed by atoms with van der Waals surface area (Å²) in [4.78, 5) is 0. The highest BCUT2D eigenvalue weighted by Gasteiger charge is 2.19. The Hall–Kier alpha value is -1.49. The molecule has 2 nitrogen and oxygen atoms in total. The second-order valence-electron chi connectivity index (χ2n) is 6.11. The van der Waals surface area contributed by atoms with Gasteiger partial charge in [0.25, 0.3) is 0 Å². The van der Waals surface area contributed by atoms with E-state index in [0.29, 0.717) is 19.0 Å². The van der Waals surface area contributed by atoms with E-state index < -0.39 is 6.10 Å². The van der Waals surface area contributed by atoms with Crippen molar-refractivity contribution in [3.63, 3.8) is 0 Å². The molecule has 24 heavy (non-hydrogen) atoms. The van der Waals surface area contributed by atoms with Gasteiger partial charge in [-0.1, -0.05) is 38.1 Å². The lowest BCUT2D eigenvalue weighted by atomic mass is 9.86. The van der Waals surface area contributed by atoms with Gasteiger partial charge in [-0.3, -0.25) is 0 Å². The molecule has 0 saturated heterocycles. The number of halogens is 3. The third kappa shape index (κ3) is 6.19. The van der Waals surface area contributed by atoms with Gasteiger partial charge in [0.1, 0.15) is 11.6 Å². The van der Waals surface area contributed by atoms with Gasteiger partial charge in [0.15, 0.2) is 0 Å². The number of aliphatic hydroxyl groups is 1. The molecule has 0 amide bonds. The van der Waals surface area contributed by atoms with Gasteiger partial charge in [-0.25, -0.2) is 8.78 Å². The first-order valence-electron chi connectivity index (χ1n) is 7.88. The largest absolute Gasteiger partial charge is 0.392 e. The van der Waals surface area contributed by atoms with Crippen molar-refractivity contribution in [2.75, 3.05) is 6.54 Å². The summed E-state index contributed by atoms with van der Waals surface area (Å²) in [6, 6.07) is 12.8. The molecule has 0 aromatic heterocycles. The molecule has 0 radical (unpaired) electrons. The van der Waals surface area contributed by atoms with Crippen LogP contribution in [0, 0.1) is 11.6 Å². The Morgan fingerprint density at radius 3 is 1.67 bits per heavy atom. The average molecular weight is 356 g/mol. The van der Waals surface area contributed by atoms with Gasteiger partial charge in [0.05, 0.1) is 6.10 Å². The SMILES string of the molecule is CC(C)NCC(O)CC(c1ccc(F)cc1)c1ccc(F)cc1.Cl. The van der Waals surface area contributed by atoms with Crippen LogP contribution in [-0.2, 0) is 0 Å². The van der Waals surface area contributed by atoms with E-state index in [1.54, 1.807) is 24.3 Å². The molecule has 0 heterocycles. The maximum absolute atomic E-state index is 13.2. The van der Waals surface area contributed by atoms with Crippen molar-refractivity contribution in [2.45, 2.75) is 38.3 Å². The topological polar surface area (TPSA) is 32.3 Å². The van der Waals surface area contributed by atoms with Crippen LogP contribution in [-0.4, -0.2) is 23.8 Å². The smallest absolute Gasteiger partial charge is 0.123 e. The average Bonchev–Trinajstić information content (AvgIpc) is 2.52. The summed E-state index contributed by atoms with van der Waals surface area (Å²) in [6.45, 7) is 4.52. The van der Waals surface area contributed by atoms with Gasteiger partial charge in [0, 0.05) is 18.5 Å². The molecule has 0 saturated carbocycles. The molecule has 2 rings (SSSR count). The fourth-order valence-electron chi connectivity index (χ4n) is 2.58. The third-order valence-electron chi connectivity index (χ3n) is 3.81. The zero-order valence-electron chi connectivity index (χ0n) is 13.9. The Bertz CT molecular complexity index is 556. The second-order valence-corrected chi connectivity index (χ2v) is 6.11. The molecule has 2 N–H and O–H groups in total. The first-order chi connectivity index (χ1) is 11.0. The number of hydrogen-bond acceptors (Lipinski definition) is 2. The van der Waals surface area contributed by atoms with E-state index in [0.717, 1.165) is 11.1 Å². The van der Waals surface area contributed by atoms with E-state index in [4.69, 9.17) is 0 Å². The van der Waals surface area contributed by atoms with E-state index >= 15 is 0 Å². The molecule has 1 unspecified atom stereocenters. The highest BCUT2D eigenvalue weighted by atomic mass is 35.5. The summed E-state index contributed by atoms with van der Waals surface area (Å²) >= 11 is 0. The Morgan fingerprint density at radius 1 is 0.875 bits per heavy atom. The molecule has 0 fully saturated rings. The normalized spacial score (nSPS) is 12.3. The number of hydrogen-bond donors (Lipinski definition) is 2. The van der Waals surface area contributed by atoms with Gasteiger partial charge < -0.3 is 10.4 Å². The van der Waals surface area contributed by atoms with E-state index in [1.807, 2.05) is 13.8 Å². The minimum absolute atomic E-state index is 0. The summed E-state index contributed by atoms with van der Waals surface area (Å²) in [5.41, 5.74) is 1.81. The zero-order chi connectivity index (χ0) is 16.8. The minimum Gasteiger partial charge on any atom is -0.392 e. The van der Waals surface area contributed by atoms with E-state index in [-0.39, 0.29) is 30.0 Å². The van der Waals surface area contributed by atoms with Crippen LogP contribution < -0.4 is 5.32 Å². The lowest BCUT2D eigenvalue weighted by molar-refractivity contribution is 0.154. The predicted octanol–water partition coefficient (Wildman–Crippen LogP) is 4.27. The molecular formula is C19H24ClF2NO. The van der Waals surface area contributed by atoms with Crippen molar-refractivity contribution in [3.05, 3.63) is 71.3 Å². The number of aliphatic hydroxyl groups excluding tert-OH is 1. The Morgan fingerprint density at radius 2 is 1.29 bits per heavy atom. The zero-order valence-corrected chi connectivity index (χ0v) is 14.7. The monoisotopic (exact) mass is 355 g/mol. The lowest BCUT2D eigenvalue weighted by Gasteiger charge is -2.22. The summed E-state index contributed by atoms with van der Waals surface area (Å²) in [5.74, 6) is -0.706. The molecule has 0 spiro atoms.